The van der Waals surface area contributed by atoms with E-state index in [2.05, 4.69) is 10.3 Å². The highest BCUT2D eigenvalue weighted by Crippen LogP contribution is 2.07. The average Bonchev–Trinajstić information content (AvgIpc) is 2.46. The molecule has 0 bridgehead atoms. The quantitative estimate of drug-likeness (QED) is 0.800. The lowest BCUT2D eigenvalue weighted by Crippen LogP contribution is -2.41. The molecule has 4 nitrogen and oxygen atoms in total. The Labute approximate surface area is 95.7 Å². The van der Waals surface area contributed by atoms with E-state index < -0.39 is 0 Å². The summed E-state index contributed by atoms with van der Waals surface area (Å²) in [4.78, 5) is 18.1. The molecule has 16 heavy (non-hydrogen) atoms. The lowest BCUT2D eigenvalue weighted by atomic mass is 10.2. The first kappa shape index (κ1) is 11.1. The van der Waals surface area contributed by atoms with Crippen molar-refractivity contribution in [1.82, 2.24) is 15.2 Å². The Morgan fingerprint density at radius 2 is 2.44 bits per heavy atom. The first-order valence-corrected chi connectivity index (χ1v) is 5.69. The standard InChI is InChI=1S/C12H17N3O/c1-10-12(16)15(8-4-7-13-10)9-11-5-2-3-6-14-11/h2-3,5-6,10,13H,4,7-9H2,1H3. The molecule has 1 saturated heterocycles. The summed E-state index contributed by atoms with van der Waals surface area (Å²) in [5.74, 6) is 0.170. The molecule has 2 heterocycles. The fourth-order valence-corrected chi connectivity index (χ4v) is 1.90. The predicted molar refractivity (Wildman–Crippen MR) is 61.7 cm³/mol. The molecule has 0 aliphatic carbocycles. The molecule has 1 N–H and O–H groups in total. The van der Waals surface area contributed by atoms with Gasteiger partial charge in [0.15, 0.2) is 0 Å². The third-order valence-corrected chi connectivity index (χ3v) is 2.82. The minimum Gasteiger partial charge on any atom is -0.335 e. The Hall–Kier alpha value is -1.42. The first-order chi connectivity index (χ1) is 7.77. The van der Waals surface area contributed by atoms with Crippen LogP contribution in [0.15, 0.2) is 24.4 Å². The summed E-state index contributed by atoms with van der Waals surface area (Å²) < 4.78 is 0. The van der Waals surface area contributed by atoms with Crippen LogP contribution in [0.4, 0.5) is 0 Å². The van der Waals surface area contributed by atoms with Gasteiger partial charge in [0.2, 0.25) is 5.91 Å². The van der Waals surface area contributed by atoms with Gasteiger partial charge in [0.25, 0.3) is 0 Å². The third-order valence-electron chi connectivity index (χ3n) is 2.82. The van der Waals surface area contributed by atoms with Gasteiger partial charge in [0.05, 0.1) is 18.3 Å². The van der Waals surface area contributed by atoms with Gasteiger partial charge in [0.1, 0.15) is 0 Å². The van der Waals surface area contributed by atoms with Gasteiger partial charge in [0, 0.05) is 12.7 Å². The number of hydrogen-bond donors (Lipinski definition) is 1. The molecule has 2 rings (SSSR count). The molecule has 1 aromatic rings. The molecular formula is C12H17N3O. The van der Waals surface area contributed by atoms with Gasteiger partial charge in [-0.15, -0.1) is 0 Å². The van der Waals surface area contributed by atoms with E-state index >= 15 is 0 Å². The molecule has 86 valence electrons. The molecule has 0 spiro atoms. The van der Waals surface area contributed by atoms with Crippen LogP contribution >= 0.6 is 0 Å². The van der Waals surface area contributed by atoms with Crippen LogP contribution in [0.1, 0.15) is 19.0 Å². The van der Waals surface area contributed by atoms with E-state index in [1.54, 1.807) is 6.20 Å². The summed E-state index contributed by atoms with van der Waals surface area (Å²) in [6.45, 7) is 4.25. The largest absolute Gasteiger partial charge is 0.335 e. The van der Waals surface area contributed by atoms with Gasteiger partial charge in [-0.25, -0.2) is 0 Å². The number of rotatable bonds is 2. The number of hydrogen-bond acceptors (Lipinski definition) is 3. The second kappa shape index (κ2) is 5.07. The lowest BCUT2D eigenvalue weighted by Gasteiger charge is -2.22. The Morgan fingerprint density at radius 3 is 3.19 bits per heavy atom. The van der Waals surface area contributed by atoms with Crippen LogP contribution in [-0.4, -0.2) is 34.9 Å². The molecule has 1 unspecified atom stereocenters. The molecular weight excluding hydrogens is 202 g/mol. The fraction of sp³-hybridized carbons (Fsp3) is 0.500. The van der Waals surface area contributed by atoms with Gasteiger partial charge in [-0.3, -0.25) is 9.78 Å². The molecule has 1 atom stereocenters. The summed E-state index contributed by atoms with van der Waals surface area (Å²) in [6, 6.07) is 5.71. The van der Waals surface area contributed by atoms with Crippen molar-refractivity contribution >= 4 is 5.91 Å². The normalized spacial score (nSPS) is 21.9. The monoisotopic (exact) mass is 219 g/mol. The van der Waals surface area contributed by atoms with Crippen LogP contribution in [0.2, 0.25) is 0 Å². The Bertz CT molecular complexity index is 353. The van der Waals surface area contributed by atoms with Crippen LogP contribution in [0.25, 0.3) is 0 Å². The van der Waals surface area contributed by atoms with Gasteiger partial charge in [-0.05, 0) is 32.0 Å². The van der Waals surface area contributed by atoms with Crippen molar-refractivity contribution < 1.29 is 4.79 Å². The molecule has 1 aliphatic heterocycles. The summed E-state index contributed by atoms with van der Waals surface area (Å²) in [7, 11) is 0. The molecule has 0 aromatic carbocycles. The zero-order chi connectivity index (χ0) is 11.4. The van der Waals surface area contributed by atoms with E-state index in [9.17, 15) is 4.79 Å². The number of nitrogens with one attached hydrogen (secondary N) is 1. The Balaban J connectivity index is 2.05. The second-order valence-electron chi connectivity index (χ2n) is 4.11. The van der Waals surface area contributed by atoms with Crippen molar-refractivity contribution in [2.75, 3.05) is 13.1 Å². The van der Waals surface area contributed by atoms with Crippen LogP contribution < -0.4 is 5.32 Å². The maximum Gasteiger partial charge on any atom is 0.239 e. The maximum atomic E-state index is 12.0. The van der Waals surface area contributed by atoms with Crippen LogP contribution in [0.3, 0.4) is 0 Å². The number of carbonyl (C=O) groups is 1. The van der Waals surface area contributed by atoms with Gasteiger partial charge in [-0.1, -0.05) is 6.07 Å². The number of nitrogens with zero attached hydrogens (tertiary/aromatic N) is 2. The number of amides is 1. The average molecular weight is 219 g/mol. The molecule has 0 saturated carbocycles. The zero-order valence-electron chi connectivity index (χ0n) is 9.52. The lowest BCUT2D eigenvalue weighted by molar-refractivity contribution is -0.132. The number of carbonyl (C=O) groups excluding carboxylic acids is 1. The molecule has 0 radical (unpaired) electrons. The summed E-state index contributed by atoms with van der Waals surface area (Å²) in [5, 5.41) is 3.20. The summed E-state index contributed by atoms with van der Waals surface area (Å²) in [6.07, 6.45) is 2.77. The van der Waals surface area contributed by atoms with E-state index in [0.717, 1.165) is 25.2 Å². The molecule has 1 aromatic heterocycles. The number of aromatic nitrogens is 1. The van der Waals surface area contributed by atoms with Crippen molar-refractivity contribution in [2.24, 2.45) is 0 Å². The highest BCUT2D eigenvalue weighted by atomic mass is 16.2. The topological polar surface area (TPSA) is 45.2 Å². The van der Waals surface area contributed by atoms with E-state index in [-0.39, 0.29) is 11.9 Å². The van der Waals surface area contributed by atoms with Gasteiger partial charge < -0.3 is 10.2 Å². The third kappa shape index (κ3) is 2.58. The predicted octanol–water partition coefficient (Wildman–Crippen LogP) is 0.792. The SMILES string of the molecule is CC1NCCCN(Cc2ccccn2)C1=O. The fourth-order valence-electron chi connectivity index (χ4n) is 1.90. The van der Waals surface area contributed by atoms with E-state index in [4.69, 9.17) is 0 Å². The second-order valence-corrected chi connectivity index (χ2v) is 4.11. The van der Waals surface area contributed by atoms with Crippen LogP contribution in [0.5, 0.6) is 0 Å². The highest BCUT2D eigenvalue weighted by molar-refractivity contribution is 5.81. The molecule has 1 fully saturated rings. The van der Waals surface area contributed by atoms with E-state index in [0.29, 0.717) is 6.54 Å². The smallest absolute Gasteiger partial charge is 0.239 e. The van der Waals surface area contributed by atoms with Crippen molar-refractivity contribution in [3.8, 4) is 0 Å². The molecule has 4 heteroatoms. The molecule has 1 aliphatic rings. The Morgan fingerprint density at radius 1 is 1.56 bits per heavy atom. The first-order valence-electron chi connectivity index (χ1n) is 5.69. The number of pyridine rings is 1. The van der Waals surface area contributed by atoms with Crippen LogP contribution in [-0.2, 0) is 11.3 Å². The highest BCUT2D eigenvalue weighted by Gasteiger charge is 2.22. The minimum absolute atomic E-state index is 0.0776. The van der Waals surface area contributed by atoms with Crippen molar-refractivity contribution in [2.45, 2.75) is 25.9 Å². The van der Waals surface area contributed by atoms with Gasteiger partial charge in [-0.2, -0.15) is 0 Å². The van der Waals surface area contributed by atoms with Crippen molar-refractivity contribution in [3.05, 3.63) is 30.1 Å². The summed E-state index contributed by atoms with van der Waals surface area (Å²) >= 11 is 0. The minimum atomic E-state index is -0.0776. The van der Waals surface area contributed by atoms with Crippen LogP contribution in [0, 0.1) is 0 Å². The maximum absolute atomic E-state index is 12.0. The zero-order valence-corrected chi connectivity index (χ0v) is 9.52. The van der Waals surface area contributed by atoms with Crippen molar-refractivity contribution in [3.63, 3.8) is 0 Å². The van der Waals surface area contributed by atoms with Crippen molar-refractivity contribution in [1.29, 1.82) is 0 Å². The van der Waals surface area contributed by atoms with E-state index in [1.165, 1.54) is 0 Å². The summed E-state index contributed by atoms with van der Waals surface area (Å²) in [5.41, 5.74) is 0.949. The Kier molecular flexibility index (Phi) is 3.51. The van der Waals surface area contributed by atoms with Gasteiger partial charge >= 0.3 is 0 Å². The molecule has 1 amide bonds. The van der Waals surface area contributed by atoms with E-state index in [1.807, 2.05) is 30.0 Å².